The van der Waals surface area contributed by atoms with E-state index in [1.54, 1.807) is 18.5 Å². The lowest BCUT2D eigenvalue weighted by Gasteiger charge is -2.32. The number of Topliss-reactive ketones (excluding diaryl/α,β-unsaturated/α-hetero) is 1. The lowest BCUT2D eigenvalue weighted by molar-refractivity contribution is -0.133. The number of aromatic nitrogens is 2. The molecule has 1 aromatic carbocycles. The van der Waals surface area contributed by atoms with Gasteiger partial charge in [-0.25, -0.2) is 4.68 Å². The number of likely N-dealkylation sites (tertiary alicyclic amines) is 1. The number of nitrogens with one attached hydrogen (secondary N) is 1. The number of amides is 2. The van der Waals surface area contributed by atoms with Gasteiger partial charge in [0.2, 0.25) is 5.91 Å². The Hall–Kier alpha value is -2.96. The Morgan fingerprint density at radius 1 is 1.00 bits per heavy atom. The largest absolute Gasteiger partial charge is 0.346 e. The predicted molar refractivity (Wildman–Crippen MR) is 108 cm³/mol. The summed E-state index contributed by atoms with van der Waals surface area (Å²) in [5.41, 5.74) is 2.39. The van der Waals surface area contributed by atoms with Gasteiger partial charge in [-0.2, -0.15) is 5.10 Å². The molecular formula is C22H26N4O3. The van der Waals surface area contributed by atoms with Crippen molar-refractivity contribution >= 4 is 17.6 Å². The minimum absolute atomic E-state index is 0.0838. The van der Waals surface area contributed by atoms with Crippen molar-refractivity contribution in [2.45, 2.75) is 45.6 Å². The average Bonchev–Trinajstić information content (AvgIpc) is 3.53. The summed E-state index contributed by atoms with van der Waals surface area (Å²) in [6, 6.07) is 9.45. The van der Waals surface area contributed by atoms with Gasteiger partial charge >= 0.3 is 0 Å². The second kappa shape index (κ2) is 7.81. The highest BCUT2D eigenvalue weighted by Crippen LogP contribution is 2.31. The Morgan fingerprint density at radius 2 is 1.66 bits per heavy atom. The van der Waals surface area contributed by atoms with E-state index < -0.39 is 11.7 Å². The first-order chi connectivity index (χ1) is 14.0. The summed E-state index contributed by atoms with van der Waals surface area (Å²) < 4.78 is 1.69. The van der Waals surface area contributed by atoms with Gasteiger partial charge in [0.05, 0.1) is 22.6 Å². The van der Waals surface area contributed by atoms with E-state index in [0.29, 0.717) is 42.9 Å². The van der Waals surface area contributed by atoms with Crippen molar-refractivity contribution in [1.29, 1.82) is 0 Å². The van der Waals surface area contributed by atoms with Gasteiger partial charge in [-0.3, -0.25) is 14.4 Å². The average molecular weight is 394 g/mol. The molecule has 7 nitrogen and oxygen atoms in total. The minimum atomic E-state index is -0.601. The van der Waals surface area contributed by atoms with Crippen LogP contribution in [-0.4, -0.2) is 51.4 Å². The Morgan fingerprint density at radius 3 is 2.28 bits per heavy atom. The molecule has 1 aromatic heterocycles. The van der Waals surface area contributed by atoms with E-state index in [9.17, 15) is 14.4 Å². The minimum Gasteiger partial charge on any atom is -0.346 e. The van der Waals surface area contributed by atoms with Gasteiger partial charge in [-0.1, -0.05) is 18.2 Å². The molecule has 2 heterocycles. The van der Waals surface area contributed by atoms with Gasteiger partial charge in [0.1, 0.15) is 0 Å². The Labute approximate surface area is 170 Å². The van der Waals surface area contributed by atoms with Crippen LogP contribution in [0.4, 0.5) is 0 Å². The molecule has 0 bridgehead atoms. The van der Waals surface area contributed by atoms with Crippen molar-refractivity contribution in [2.24, 2.45) is 5.92 Å². The maximum atomic E-state index is 12.8. The summed E-state index contributed by atoms with van der Waals surface area (Å²) >= 11 is 0. The van der Waals surface area contributed by atoms with E-state index in [1.807, 2.05) is 35.2 Å². The molecule has 2 fully saturated rings. The molecule has 7 heteroatoms. The van der Waals surface area contributed by atoms with Crippen LogP contribution in [0, 0.1) is 19.8 Å². The molecule has 152 valence electrons. The van der Waals surface area contributed by atoms with Crippen molar-refractivity contribution in [3.8, 4) is 5.69 Å². The van der Waals surface area contributed by atoms with Gasteiger partial charge < -0.3 is 10.2 Å². The fourth-order valence-electron chi connectivity index (χ4n) is 3.99. The normalized spacial score (nSPS) is 17.2. The van der Waals surface area contributed by atoms with Crippen LogP contribution < -0.4 is 5.32 Å². The number of hydrogen-bond acceptors (Lipinski definition) is 4. The van der Waals surface area contributed by atoms with Crippen LogP contribution in [0.15, 0.2) is 30.3 Å². The highest BCUT2D eigenvalue weighted by Gasteiger charge is 2.35. The summed E-state index contributed by atoms with van der Waals surface area (Å²) in [5, 5.41) is 7.32. The molecule has 0 unspecified atom stereocenters. The molecule has 4 rings (SSSR count). The van der Waals surface area contributed by atoms with Crippen molar-refractivity contribution in [3.63, 3.8) is 0 Å². The second-order valence-electron chi connectivity index (χ2n) is 7.97. The summed E-state index contributed by atoms with van der Waals surface area (Å²) in [5.74, 6) is -0.699. The Kier molecular flexibility index (Phi) is 5.22. The first-order valence-corrected chi connectivity index (χ1v) is 10.2. The van der Waals surface area contributed by atoms with E-state index >= 15 is 0 Å². The number of piperidine rings is 1. The summed E-state index contributed by atoms with van der Waals surface area (Å²) in [6.45, 7) is 4.82. The van der Waals surface area contributed by atoms with Crippen LogP contribution in [0.2, 0.25) is 0 Å². The topological polar surface area (TPSA) is 84.3 Å². The molecule has 1 N–H and O–H groups in total. The maximum Gasteiger partial charge on any atom is 0.292 e. The van der Waals surface area contributed by atoms with E-state index in [1.165, 1.54) is 0 Å². The molecule has 2 aromatic rings. The van der Waals surface area contributed by atoms with Crippen LogP contribution in [0.5, 0.6) is 0 Å². The molecule has 0 spiro atoms. The monoisotopic (exact) mass is 394 g/mol. The quantitative estimate of drug-likeness (QED) is 0.622. The molecule has 1 aliphatic heterocycles. The molecule has 0 atom stereocenters. The van der Waals surface area contributed by atoms with Gasteiger partial charge in [-0.05, 0) is 51.7 Å². The van der Waals surface area contributed by atoms with Crippen LogP contribution in [0.25, 0.3) is 5.69 Å². The lowest BCUT2D eigenvalue weighted by atomic mass is 10.0. The first kappa shape index (κ1) is 19.4. The SMILES string of the molecule is Cc1nn(-c2ccccc2)c(C)c1C(=O)C(=O)NC1CCN(C(=O)C2CC2)CC1. The standard InChI is InChI=1S/C22H26N4O3/c1-14-19(15(2)26(24-14)18-6-4-3-5-7-18)20(27)21(28)23-17-10-12-25(13-11-17)22(29)16-8-9-16/h3-7,16-17H,8-13H2,1-2H3,(H,23,28). The molecule has 2 aliphatic rings. The fourth-order valence-corrected chi connectivity index (χ4v) is 3.99. The second-order valence-corrected chi connectivity index (χ2v) is 7.97. The van der Waals surface area contributed by atoms with Gasteiger partial charge in [0.15, 0.2) is 0 Å². The highest BCUT2D eigenvalue weighted by atomic mass is 16.2. The number of aryl methyl sites for hydroxylation is 1. The smallest absolute Gasteiger partial charge is 0.292 e. The number of para-hydroxylation sites is 1. The number of ketones is 1. The zero-order chi connectivity index (χ0) is 20.5. The molecule has 1 saturated carbocycles. The first-order valence-electron chi connectivity index (χ1n) is 10.2. The zero-order valence-electron chi connectivity index (χ0n) is 16.9. The van der Waals surface area contributed by atoms with Crippen LogP contribution in [-0.2, 0) is 9.59 Å². The van der Waals surface area contributed by atoms with Gasteiger partial charge in [0.25, 0.3) is 11.7 Å². The number of nitrogens with zero attached hydrogens (tertiary/aromatic N) is 3. The molecule has 1 saturated heterocycles. The fraction of sp³-hybridized carbons (Fsp3) is 0.455. The predicted octanol–water partition coefficient (Wildman–Crippen LogP) is 2.19. The molecule has 2 amide bonds. The van der Waals surface area contributed by atoms with E-state index in [0.717, 1.165) is 18.5 Å². The third kappa shape index (κ3) is 3.95. The number of hydrogen-bond donors (Lipinski definition) is 1. The lowest BCUT2D eigenvalue weighted by Crippen LogP contribution is -2.48. The summed E-state index contributed by atoms with van der Waals surface area (Å²) in [7, 11) is 0. The van der Waals surface area contributed by atoms with Gasteiger partial charge in [0, 0.05) is 25.0 Å². The third-order valence-electron chi connectivity index (χ3n) is 5.79. The van der Waals surface area contributed by atoms with E-state index in [2.05, 4.69) is 10.4 Å². The van der Waals surface area contributed by atoms with E-state index in [4.69, 9.17) is 0 Å². The Balaban J connectivity index is 1.40. The van der Waals surface area contributed by atoms with Crippen molar-refractivity contribution in [2.75, 3.05) is 13.1 Å². The highest BCUT2D eigenvalue weighted by molar-refractivity contribution is 6.43. The Bertz CT molecular complexity index is 938. The number of carbonyl (C=O) groups is 3. The molecule has 29 heavy (non-hydrogen) atoms. The summed E-state index contributed by atoms with van der Waals surface area (Å²) in [4.78, 5) is 39.5. The number of rotatable bonds is 5. The third-order valence-corrected chi connectivity index (χ3v) is 5.79. The molecule has 1 aliphatic carbocycles. The van der Waals surface area contributed by atoms with Crippen molar-refractivity contribution in [1.82, 2.24) is 20.0 Å². The van der Waals surface area contributed by atoms with Gasteiger partial charge in [-0.15, -0.1) is 0 Å². The molecular weight excluding hydrogens is 368 g/mol. The number of benzene rings is 1. The molecule has 0 radical (unpaired) electrons. The van der Waals surface area contributed by atoms with Crippen LogP contribution >= 0.6 is 0 Å². The van der Waals surface area contributed by atoms with E-state index in [-0.39, 0.29) is 17.9 Å². The zero-order valence-corrected chi connectivity index (χ0v) is 16.9. The van der Waals surface area contributed by atoms with Crippen LogP contribution in [0.1, 0.15) is 47.4 Å². The summed E-state index contributed by atoms with van der Waals surface area (Å²) in [6.07, 6.45) is 3.36. The number of carbonyl (C=O) groups excluding carboxylic acids is 3. The van der Waals surface area contributed by atoms with Crippen molar-refractivity contribution in [3.05, 3.63) is 47.3 Å². The maximum absolute atomic E-state index is 12.8. The van der Waals surface area contributed by atoms with Crippen LogP contribution in [0.3, 0.4) is 0 Å². The van der Waals surface area contributed by atoms with Crippen molar-refractivity contribution < 1.29 is 14.4 Å².